The maximum Gasteiger partial charge on any atom is 0.253 e. The third-order valence-electron chi connectivity index (χ3n) is 2.24. The summed E-state index contributed by atoms with van der Waals surface area (Å²) in [4.78, 5) is 11.6. The van der Waals surface area contributed by atoms with Crippen molar-refractivity contribution in [1.82, 2.24) is 0 Å². The lowest BCUT2D eigenvalue weighted by Crippen LogP contribution is -2.15. The summed E-state index contributed by atoms with van der Waals surface area (Å²) in [5.41, 5.74) is 8.57. The van der Waals surface area contributed by atoms with Gasteiger partial charge in [-0.15, -0.1) is 0 Å². The van der Waals surface area contributed by atoms with Crippen LogP contribution in [0.2, 0.25) is 0 Å². The summed E-state index contributed by atoms with van der Waals surface area (Å²) in [6.45, 7) is 5.42. The van der Waals surface area contributed by atoms with Crippen LogP contribution in [0.5, 0.6) is 0 Å². The first-order valence-electron chi connectivity index (χ1n) is 4.81. The van der Waals surface area contributed by atoms with Crippen molar-refractivity contribution in [2.24, 2.45) is 5.73 Å². The van der Waals surface area contributed by atoms with E-state index in [1.807, 2.05) is 31.2 Å². The molecule has 0 aliphatic carbocycles. The second-order valence-electron chi connectivity index (χ2n) is 3.63. The van der Waals surface area contributed by atoms with Crippen molar-refractivity contribution in [3.63, 3.8) is 0 Å². The first-order chi connectivity index (χ1) is 7.00. The Balaban J connectivity index is 2.75. The number of anilines is 1. The SMILES string of the molecule is C/C(N)=C(\C)C(=O)Nc1ccc(C)cc1. The molecular weight excluding hydrogens is 188 g/mol. The highest BCUT2D eigenvalue weighted by Gasteiger charge is 2.05. The van der Waals surface area contributed by atoms with Crippen LogP contribution in [-0.4, -0.2) is 5.91 Å². The lowest BCUT2D eigenvalue weighted by atomic mass is 10.2. The van der Waals surface area contributed by atoms with Crippen molar-refractivity contribution in [2.75, 3.05) is 5.32 Å². The number of nitrogens with two attached hydrogens (primary N) is 1. The fourth-order valence-electron chi connectivity index (χ4n) is 1.04. The van der Waals surface area contributed by atoms with Crippen LogP contribution >= 0.6 is 0 Å². The molecule has 0 atom stereocenters. The van der Waals surface area contributed by atoms with E-state index in [9.17, 15) is 4.79 Å². The molecule has 1 aromatic carbocycles. The third-order valence-corrected chi connectivity index (χ3v) is 2.24. The zero-order chi connectivity index (χ0) is 11.4. The Morgan fingerprint density at radius 3 is 2.20 bits per heavy atom. The molecule has 0 aliphatic rings. The van der Waals surface area contributed by atoms with Gasteiger partial charge < -0.3 is 11.1 Å². The fourth-order valence-corrected chi connectivity index (χ4v) is 1.04. The Morgan fingerprint density at radius 1 is 1.20 bits per heavy atom. The highest BCUT2D eigenvalue weighted by molar-refractivity contribution is 6.03. The predicted octanol–water partition coefficient (Wildman–Crippen LogP) is 2.19. The Morgan fingerprint density at radius 2 is 1.73 bits per heavy atom. The molecule has 1 rings (SSSR count). The largest absolute Gasteiger partial charge is 0.402 e. The van der Waals surface area contributed by atoms with Gasteiger partial charge in [-0.2, -0.15) is 0 Å². The molecular formula is C12H16N2O. The van der Waals surface area contributed by atoms with Crippen LogP contribution in [-0.2, 0) is 4.79 Å². The van der Waals surface area contributed by atoms with Crippen molar-refractivity contribution in [3.8, 4) is 0 Å². The standard InChI is InChI=1S/C12H16N2O/c1-8-4-6-11(7-5-8)14-12(15)9(2)10(3)13/h4-7H,13H2,1-3H3,(H,14,15)/b10-9-. The van der Waals surface area contributed by atoms with Gasteiger partial charge in [0.2, 0.25) is 0 Å². The molecule has 0 aliphatic heterocycles. The molecule has 0 fully saturated rings. The van der Waals surface area contributed by atoms with Crippen LogP contribution in [0.1, 0.15) is 19.4 Å². The summed E-state index contributed by atoms with van der Waals surface area (Å²) >= 11 is 0. The molecule has 0 spiro atoms. The fraction of sp³-hybridized carbons (Fsp3) is 0.250. The maximum atomic E-state index is 11.6. The smallest absolute Gasteiger partial charge is 0.253 e. The zero-order valence-electron chi connectivity index (χ0n) is 9.29. The summed E-state index contributed by atoms with van der Waals surface area (Å²) in [5, 5.41) is 2.77. The summed E-state index contributed by atoms with van der Waals surface area (Å²) in [5.74, 6) is -0.154. The molecule has 15 heavy (non-hydrogen) atoms. The van der Waals surface area contributed by atoms with Crippen LogP contribution in [0, 0.1) is 6.92 Å². The summed E-state index contributed by atoms with van der Waals surface area (Å²) in [6.07, 6.45) is 0. The average Bonchev–Trinajstić information content (AvgIpc) is 2.20. The lowest BCUT2D eigenvalue weighted by Gasteiger charge is -2.06. The van der Waals surface area contributed by atoms with Gasteiger partial charge in [-0.1, -0.05) is 17.7 Å². The second kappa shape index (κ2) is 4.64. The van der Waals surface area contributed by atoms with Gasteiger partial charge in [-0.25, -0.2) is 0 Å². The molecule has 0 radical (unpaired) electrons. The van der Waals surface area contributed by atoms with E-state index in [0.717, 1.165) is 11.3 Å². The highest BCUT2D eigenvalue weighted by atomic mass is 16.1. The van der Waals surface area contributed by atoms with Gasteiger partial charge in [-0.3, -0.25) is 4.79 Å². The molecule has 3 nitrogen and oxygen atoms in total. The van der Waals surface area contributed by atoms with Gasteiger partial charge in [0.25, 0.3) is 5.91 Å². The van der Waals surface area contributed by atoms with Gasteiger partial charge in [0.15, 0.2) is 0 Å². The topological polar surface area (TPSA) is 55.1 Å². The zero-order valence-corrected chi connectivity index (χ0v) is 9.29. The number of hydrogen-bond acceptors (Lipinski definition) is 2. The van der Waals surface area contributed by atoms with E-state index >= 15 is 0 Å². The normalized spacial score (nSPS) is 11.9. The van der Waals surface area contributed by atoms with E-state index in [1.54, 1.807) is 13.8 Å². The molecule has 0 saturated carbocycles. The first-order valence-corrected chi connectivity index (χ1v) is 4.81. The quantitative estimate of drug-likeness (QED) is 0.725. The van der Waals surface area contributed by atoms with Crippen molar-refractivity contribution < 1.29 is 4.79 Å². The molecule has 80 valence electrons. The van der Waals surface area contributed by atoms with Crippen LogP contribution in [0.15, 0.2) is 35.5 Å². The monoisotopic (exact) mass is 204 g/mol. The van der Waals surface area contributed by atoms with Gasteiger partial charge in [-0.05, 0) is 32.9 Å². The van der Waals surface area contributed by atoms with E-state index in [0.29, 0.717) is 11.3 Å². The maximum absolute atomic E-state index is 11.6. The van der Waals surface area contributed by atoms with E-state index in [1.165, 1.54) is 0 Å². The van der Waals surface area contributed by atoms with Gasteiger partial charge >= 0.3 is 0 Å². The molecule has 1 aromatic rings. The highest BCUT2D eigenvalue weighted by Crippen LogP contribution is 2.10. The Hall–Kier alpha value is -1.77. The molecule has 0 unspecified atom stereocenters. The van der Waals surface area contributed by atoms with Gasteiger partial charge in [0.1, 0.15) is 0 Å². The number of allylic oxidation sites excluding steroid dienone is 1. The Labute approximate surface area is 90.0 Å². The van der Waals surface area contributed by atoms with E-state index in [4.69, 9.17) is 5.73 Å². The minimum atomic E-state index is -0.154. The van der Waals surface area contributed by atoms with E-state index in [-0.39, 0.29) is 5.91 Å². The number of rotatable bonds is 2. The van der Waals surface area contributed by atoms with Crippen molar-refractivity contribution in [2.45, 2.75) is 20.8 Å². The van der Waals surface area contributed by atoms with Crippen molar-refractivity contribution >= 4 is 11.6 Å². The first kappa shape index (κ1) is 11.3. The molecule has 3 N–H and O–H groups in total. The number of benzene rings is 1. The number of aryl methyl sites for hydroxylation is 1. The number of amides is 1. The third kappa shape index (κ3) is 3.13. The average molecular weight is 204 g/mol. The van der Waals surface area contributed by atoms with Crippen molar-refractivity contribution in [3.05, 3.63) is 41.1 Å². The number of carbonyl (C=O) groups excluding carboxylic acids is 1. The second-order valence-corrected chi connectivity index (χ2v) is 3.63. The van der Waals surface area contributed by atoms with Crippen molar-refractivity contribution in [1.29, 1.82) is 0 Å². The summed E-state index contributed by atoms with van der Waals surface area (Å²) < 4.78 is 0. The molecule has 0 saturated heterocycles. The molecule has 0 bridgehead atoms. The summed E-state index contributed by atoms with van der Waals surface area (Å²) in [6, 6.07) is 7.63. The number of nitrogens with one attached hydrogen (secondary N) is 1. The number of hydrogen-bond donors (Lipinski definition) is 2. The van der Waals surface area contributed by atoms with Crippen LogP contribution < -0.4 is 11.1 Å². The minimum Gasteiger partial charge on any atom is -0.402 e. The van der Waals surface area contributed by atoms with E-state index < -0.39 is 0 Å². The molecule has 3 heteroatoms. The number of carbonyl (C=O) groups is 1. The van der Waals surface area contributed by atoms with Crippen LogP contribution in [0.3, 0.4) is 0 Å². The Bertz CT molecular complexity index is 387. The van der Waals surface area contributed by atoms with E-state index in [2.05, 4.69) is 5.32 Å². The van der Waals surface area contributed by atoms with Gasteiger partial charge in [0.05, 0.1) is 0 Å². The minimum absolute atomic E-state index is 0.154. The summed E-state index contributed by atoms with van der Waals surface area (Å²) in [7, 11) is 0. The lowest BCUT2D eigenvalue weighted by molar-refractivity contribution is -0.112. The molecule has 0 heterocycles. The Kier molecular flexibility index (Phi) is 3.50. The predicted molar refractivity (Wildman–Crippen MR) is 62.4 cm³/mol. The van der Waals surface area contributed by atoms with Crippen LogP contribution in [0.25, 0.3) is 0 Å². The van der Waals surface area contributed by atoms with Crippen LogP contribution in [0.4, 0.5) is 5.69 Å². The van der Waals surface area contributed by atoms with Gasteiger partial charge in [0, 0.05) is 17.0 Å². The molecule has 1 amide bonds. The molecule has 0 aromatic heterocycles.